The first-order valence-electron chi connectivity index (χ1n) is 6.08. The number of hydrogen-bond donors (Lipinski definition) is 1. The Kier molecular flexibility index (Phi) is 6.11. The van der Waals surface area contributed by atoms with Crippen molar-refractivity contribution in [2.75, 3.05) is 5.32 Å². The topological polar surface area (TPSA) is 29.1 Å². The average Bonchev–Trinajstić information content (AvgIpc) is 2.50. The van der Waals surface area contributed by atoms with Gasteiger partial charge in [-0.2, -0.15) is 0 Å². The standard InChI is InChI=1S/C15H11Br2Cl2NO/c16-13(9-4-2-1-3-5-9)14(17)15(21)20-10-6-7-11(18)12(19)8-10/h1-8,13-14H,(H,20,21)/t13-,14+/m0/s1. The largest absolute Gasteiger partial charge is 0.325 e. The SMILES string of the molecule is O=C(Nc1ccc(Cl)c(Cl)c1)[C@H](Br)[C@@H](Br)c1ccccc1. The van der Waals surface area contributed by atoms with Gasteiger partial charge in [-0.05, 0) is 23.8 Å². The van der Waals surface area contributed by atoms with Gasteiger partial charge in [0, 0.05) is 5.69 Å². The minimum atomic E-state index is -0.422. The van der Waals surface area contributed by atoms with Crippen molar-refractivity contribution in [2.24, 2.45) is 0 Å². The Morgan fingerprint density at radius 2 is 1.67 bits per heavy atom. The van der Waals surface area contributed by atoms with Crippen LogP contribution >= 0.6 is 55.1 Å². The number of amides is 1. The van der Waals surface area contributed by atoms with Crippen LogP contribution in [0.5, 0.6) is 0 Å². The predicted molar refractivity (Wildman–Crippen MR) is 95.9 cm³/mol. The van der Waals surface area contributed by atoms with Gasteiger partial charge in [0.25, 0.3) is 0 Å². The Hall–Kier alpha value is -0.550. The summed E-state index contributed by atoms with van der Waals surface area (Å²) in [6, 6.07) is 14.7. The highest BCUT2D eigenvalue weighted by molar-refractivity contribution is 9.12. The normalized spacial score (nSPS) is 13.5. The molecule has 0 saturated heterocycles. The highest BCUT2D eigenvalue weighted by atomic mass is 79.9. The number of rotatable bonds is 4. The lowest BCUT2D eigenvalue weighted by Gasteiger charge is -2.17. The fraction of sp³-hybridized carbons (Fsp3) is 0.133. The highest BCUT2D eigenvalue weighted by Gasteiger charge is 2.25. The van der Waals surface area contributed by atoms with E-state index in [9.17, 15) is 4.79 Å². The lowest BCUT2D eigenvalue weighted by atomic mass is 10.1. The molecule has 2 nitrogen and oxygen atoms in total. The summed E-state index contributed by atoms with van der Waals surface area (Å²) in [4.78, 5) is 11.7. The van der Waals surface area contributed by atoms with Crippen molar-refractivity contribution < 1.29 is 4.79 Å². The van der Waals surface area contributed by atoms with Gasteiger partial charge in [-0.3, -0.25) is 4.79 Å². The number of alkyl halides is 2. The summed E-state index contributed by atoms with van der Waals surface area (Å²) in [6.07, 6.45) is 0. The maximum Gasteiger partial charge on any atom is 0.239 e. The monoisotopic (exact) mass is 449 g/mol. The molecule has 0 spiro atoms. The van der Waals surface area contributed by atoms with E-state index in [1.54, 1.807) is 18.2 Å². The number of carbonyl (C=O) groups excluding carboxylic acids is 1. The van der Waals surface area contributed by atoms with Gasteiger partial charge in [-0.15, -0.1) is 0 Å². The first-order valence-corrected chi connectivity index (χ1v) is 8.67. The molecule has 0 aliphatic carbocycles. The molecular formula is C15H11Br2Cl2NO. The van der Waals surface area contributed by atoms with E-state index in [1.807, 2.05) is 30.3 Å². The van der Waals surface area contributed by atoms with Crippen LogP contribution in [0, 0.1) is 0 Å². The first-order chi connectivity index (χ1) is 9.99. The molecule has 0 radical (unpaired) electrons. The fourth-order valence-corrected chi connectivity index (χ4v) is 2.99. The summed E-state index contributed by atoms with van der Waals surface area (Å²) >= 11 is 18.7. The summed E-state index contributed by atoms with van der Waals surface area (Å²) < 4.78 is 0. The zero-order chi connectivity index (χ0) is 15.4. The zero-order valence-electron chi connectivity index (χ0n) is 10.7. The van der Waals surface area contributed by atoms with Crippen molar-refractivity contribution in [1.82, 2.24) is 0 Å². The van der Waals surface area contributed by atoms with E-state index in [0.717, 1.165) is 5.56 Å². The lowest BCUT2D eigenvalue weighted by Crippen LogP contribution is -2.26. The molecule has 21 heavy (non-hydrogen) atoms. The molecule has 6 heteroatoms. The predicted octanol–water partition coefficient (Wildman–Crippen LogP) is 5.83. The molecule has 0 unspecified atom stereocenters. The summed E-state index contributed by atoms with van der Waals surface area (Å²) in [7, 11) is 0. The number of benzene rings is 2. The second-order valence-electron chi connectivity index (χ2n) is 4.33. The quantitative estimate of drug-likeness (QED) is 0.582. The van der Waals surface area contributed by atoms with E-state index >= 15 is 0 Å². The van der Waals surface area contributed by atoms with Crippen LogP contribution in [0.2, 0.25) is 10.0 Å². The van der Waals surface area contributed by atoms with E-state index in [4.69, 9.17) is 23.2 Å². The summed E-state index contributed by atoms with van der Waals surface area (Å²) in [5.41, 5.74) is 1.62. The van der Waals surface area contributed by atoms with Crippen LogP contribution in [0.3, 0.4) is 0 Å². The second-order valence-corrected chi connectivity index (χ2v) is 7.12. The molecule has 0 heterocycles. The van der Waals surface area contributed by atoms with E-state index in [-0.39, 0.29) is 10.7 Å². The maximum atomic E-state index is 12.3. The summed E-state index contributed by atoms with van der Waals surface area (Å²) in [5.74, 6) is -0.167. The third-order valence-corrected chi connectivity index (χ3v) is 6.26. The van der Waals surface area contributed by atoms with Crippen LogP contribution in [0.15, 0.2) is 48.5 Å². The van der Waals surface area contributed by atoms with Crippen LogP contribution in [0.25, 0.3) is 0 Å². The van der Waals surface area contributed by atoms with Gasteiger partial charge in [0.2, 0.25) is 5.91 Å². The third-order valence-electron chi connectivity index (χ3n) is 2.81. The van der Waals surface area contributed by atoms with Crippen molar-refractivity contribution in [2.45, 2.75) is 9.65 Å². The molecule has 2 aromatic carbocycles. The molecule has 0 fully saturated rings. The molecule has 0 aliphatic rings. The Morgan fingerprint density at radius 1 is 1.00 bits per heavy atom. The zero-order valence-corrected chi connectivity index (χ0v) is 15.4. The fourth-order valence-electron chi connectivity index (χ4n) is 1.72. The van der Waals surface area contributed by atoms with Crippen molar-refractivity contribution >= 4 is 66.7 Å². The van der Waals surface area contributed by atoms with E-state index in [1.165, 1.54) is 0 Å². The molecule has 110 valence electrons. The summed E-state index contributed by atoms with van der Waals surface area (Å²) in [6.45, 7) is 0. The van der Waals surface area contributed by atoms with Gasteiger partial charge in [-0.1, -0.05) is 85.4 Å². The van der Waals surface area contributed by atoms with Crippen molar-refractivity contribution in [3.05, 3.63) is 64.1 Å². The highest BCUT2D eigenvalue weighted by Crippen LogP contribution is 2.32. The number of carbonyl (C=O) groups is 1. The van der Waals surface area contributed by atoms with Crippen molar-refractivity contribution in [1.29, 1.82) is 0 Å². The smallest absolute Gasteiger partial charge is 0.239 e. The molecule has 1 N–H and O–H groups in total. The number of hydrogen-bond acceptors (Lipinski definition) is 1. The first kappa shape index (κ1) is 16.8. The minimum Gasteiger partial charge on any atom is -0.325 e. The number of nitrogens with one attached hydrogen (secondary N) is 1. The Morgan fingerprint density at radius 3 is 2.29 bits per heavy atom. The van der Waals surface area contributed by atoms with Gasteiger partial charge >= 0.3 is 0 Å². The van der Waals surface area contributed by atoms with Crippen LogP contribution < -0.4 is 5.32 Å². The molecule has 1 amide bonds. The van der Waals surface area contributed by atoms with Crippen LogP contribution in [-0.4, -0.2) is 10.7 Å². The van der Waals surface area contributed by atoms with Gasteiger partial charge < -0.3 is 5.32 Å². The van der Waals surface area contributed by atoms with E-state index in [2.05, 4.69) is 37.2 Å². The minimum absolute atomic E-state index is 0.138. The lowest BCUT2D eigenvalue weighted by molar-refractivity contribution is -0.115. The molecule has 0 saturated carbocycles. The van der Waals surface area contributed by atoms with Crippen LogP contribution in [-0.2, 0) is 4.79 Å². The van der Waals surface area contributed by atoms with Crippen molar-refractivity contribution in [3.8, 4) is 0 Å². The van der Waals surface area contributed by atoms with Crippen molar-refractivity contribution in [3.63, 3.8) is 0 Å². The van der Waals surface area contributed by atoms with Gasteiger partial charge in [0.15, 0.2) is 0 Å². The number of anilines is 1. The Labute approximate surface area is 150 Å². The Balaban J connectivity index is 2.07. The number of halogens is 4. The van der Waals surface area contributed by atoms with Gasteiger partial charge in [0.1, 0.15) is 4.83 Å². The van der Waals surface area contributed by atoms with Crippen LogP contribution in [0.1, 0.15) is 10.4 Å². The Bertz CT molecular complexity index is 637. The molecule has 2 rings (SSSR count). The average molecular weight is 452 g/mol. The maximum absolute atomic E-state index is 12.3. The van der Waals surface area contributed by atoms with Gasteiger partial charge in [-0.25, -0.2) is 0 Å². The molecule has 0 aliphatic heterocycles. The van der Waals surface area contributed by atoms with Gasteiger partial charge in [0.05, 0.1) is 14.9 Å². The summed E-state index contributed by atoms with van der Waals surface area (Å²) in [5, 5.41) is 3.65. The van der Waals surface area contributed by atoms with E-state index in [0.29, 0.717) is 15.7 Å². The molecule has 0 bridgehead atoms. The van der Waals surface area contributed by atoms with E-state index < -0.39 is 4.83 Å². The molecule has 2 atom stereocenters. The molecule has 2 aromatic rings. The van der Waals surface area contributed by atoms with Crippen LogP contribution in [0.4, 0.5) is 5.69 Å². The molecule has 0 aromatic heterocycles. The third kappa shape index (κ3) is 4.46. The molecular weight excluding hydrogens is 441 g/mol. The second kappa shape index (κ2) is 7.63.